The maximum absolute atomic E-state index is 11.7. The number of methoxy groups -OCH3 is 1. The Morgan fingerprint density at radius 3 is 2.61 bits per heavy atom. The molecule has 1 aromatic carbocycles. The number of fused-ring (bicyclic) bond motifs is 1. The first-order valence-electron chi connectivity index (χ1n) is 5.51. The van der Waals surface area contributed by atoms with Crippen molar-refractivity contribution in [3.8, 4) is 0 Å². The van der Waals surface area contributed by atoms with E-state index >= 15 is 0 Å². The lowest BCUT2D eigenvalue weighted by atomic mass is 10.1. The Kier molecular flexibility index (Phi) is 3.36. The molecule has 96 valence electrons. The van der Waals surface area contributed by atoms with Crippen molar-refractivity contribution in [1.82, 2.24) is 4.98 Å². The summed E-state index contributed by atoms with van der Waals surface area (Å²) in [6.45, 7) is 2.22. The first-order valence-corrected chi connectivity index (χ1v) is 7.40. The van der Waals surface area contributed by atoms with Gasteiger partial charge in [-0.3, -0.25) is 0 Å². The molecule has 0 saturated carbocycles. The third kappa shape index (κ3) is 2.52. The van der Waals surface area contributed by atoms with Crippen molar-refractivity contribution in [1.29, 1.82) is 0 Å². The van der Waals surface area contributed by atoms with E-state index in [0.717, 1.165) is 17.2 Å². The number of aromatic nitrogens is 1. The molecule has 0 atom stereocenters. The Balaban J connectivity index is 2.76. The Hall–Kier alpha value is -1.46. The maximum atomic E-state index is 11.7. The van der Waals surface area contributed by atoms with Crippen LogP contribution in [0.4, 0.5) is 0 Å². The molecule has 0 aliphatic carbocycles. The molecular weight excluding hydrogens is 250 g/mol. The van der Waals surface area contributed by atoms with Crippen LogP contribution in [0.2, 0.25) is 0 Å². The van der Waals surface area contributed by atoms with Crippen molar-refractivity contribution < 1.29 is 13.2 Å². The van der Waals surface area contributed by atoms with Gasteiger partial charge in [0.2, 0.25) is 0 Å². The Bertz CT molecular complexity index is 693. The zero-order valence-corrected chi connectivity index (χ0v) is 11.4. The molecule has 5 heteroatoms. The molecule has 0 radical (unpaired) electrons. The van der Waals surface area contributed by atoms with Gasteiger partial charge >= 0.3 is 0 Å². The summed E-state index contributed by atoms with van der Waals surface area (Å²) in [7, 11) is -1.81. The van der Waals surface area contributed by atoms with Gasteiger partial charge in [0, 0.05) is 24.3 Å². The second-order valence-electron chi connectivity index (χ2n) is 4.35. The van der Waals surface area contributed by atoms with Gasteiger partial charge in [-0.15, -0.1) is 0 Å². The summed E-state index contributed by atoms with van der Waals surface area (Å²) >= 11 is 0. The minimum Gasteiger partial charge on any atom is -0.380 e. The van der Waals surface area contributed by atoms with Gasteiger partial charge in [0.15, 0.2) is 14.9 Å². The maximum Gasteiger partial charge on any atom is 0.193 e. The van der Waals surface area contributed by atoms with Gasteiger partial charge < -0.3 is 4.74 Å². The zero-order valence-electron chi connectivity index (χ0n) is 10.6. The number of aryl methyl sites for hydroxylation is 1. The Morgan fingerprint density at radius 1 is 1.28 bits per heavy atom. The molecule has 0 amide bonds. The number of sulfone groups is 1. The average molecular weight is 265 g/mol. The molecule has 1 heterocycles. The summed E-state index contributed by atoms with van der Waals surface area (Å²) < 4.78 is 28.5. The number of nitrogens with zero attached hydrogens (tertiary/aromatic N) is 1. The second-order valence-corrected chi connectivity index (χ2v) is 6.29. The molecule has 2 aromatic rings. The predicted octanol–water partition coefficient (Wildman–Crippen LogP) is 2.09. The van der Waals surface area contributed by atoms with Gasteiger partial charge in [-0.05, 0) is 25.1 Å². The molecule has 0 unspecified atom stereocenters. The molecule has 0 saturated heterocycles. The van der Waals surface area contributed by atoms with E-state index in [1.807, 2.05) is 31.2 Å². The van der Waals surface area contributed by atoms with Crippen LogP contribution in [0, 0.1) is 6.92 Å². The lowest BCUT2D eigenvalue weighted by Crippen LogP contribution is -2.06. The van der Waals surface area contributed by atoms with Gasteiger partial charge in [0.25, 0.3) is 0 Å². The normalized spacial score (nSPS) is 11.9. The number of ether oxygens (including phenoxy) is 1. The lowest BCUT2D eigenvalue weighted by Gasteiger charge is -2.09. The van der Waals surface area contributed by atoms with Crippen LogP contribution in [0.25, 0.3) is 10.9 Å². The van der Waals surface area contributed by atoms with Crippen LogP contribution in [-0.2, 0) is 21.2 Å². The van der Waals surface area contributed by atoms with Crippen molar-refractivity contribution in [2.75, 3.05) is 13.4 Å². The summed E-state index contributed by atoms with van der Waals surface area (Å²) in [6.07, 6.45) is 1.16. The molecule has 0 N–H and O–H groups in total. The van der Waals surface area contributed by atoms with E-state index in [1.54, 1.807) is 0 Å². The van der Waals surface area contributed by atoms with E-state index in [9.17, 15) is 8.42 Å². The quantitative estimate of drug-likeness (QED) is 0.852. The van der Waals surface area contributed by atoms with Crippen molar-refractivity contribution >= 4 is 20.7 Å². The zero-order chi connectivity index (χ0) is 13.3. The number of pyridine rings is 1. The van der Waals surface area contributed by atoms with E-state index in [-0.39, 0.29) is 11.6 Å². The lowest BCUT2D eigenvalue weighted by molar-refractivity contribution is 0.182. The topological polar surface area (TPSA) is 56.3 Å². The Morgan fingerprint density at radius 2 is 2.00 bits per heavy atom. The monoisotopic (exact) mass is 265 g/mol. The third-order valence-electron chi connectivity index (χ3n) is 2.66. The summed E-state index contributed by atoms with van der Waals surface area (Å²) in [5.74, 6) is 0. The van der Waals surface area contributed by atoms with Crippen LogP contribution in [0.15, 0.2) is 29.3 Å². The van der Waals surface area contributed by atoms with Crippen molar-refractivity contribution in [3.05, 3.63) is 35.4 Å². The van der Waals surface area contributed by atoms with E-state index in [1.165, 1.54) is 7.11 Å². The smallest absolute Gasteiger partial charge is 0.193 e. The molecule has 0 spiro atoms. The summed E-state index contributed by atoms with van der Waals surface area (Å²) in [4.78, 5) is 4.24. The standard InChI is InChI=1S/C13H15NO3S/c1-9-4-5-12-10(6-9)7-11(8-17-2)13(14-12)18(3,15)16/h4-7H,8H2,1-3H3. The summed E-state index contributed by atoms with van der Waals surface area (Å²) in [6, 6.07) is 7.55. The molecule has 0 fully saturated rings. The number of hydrogen-bond acceptors (Lipinski definition) is 4. The molecule has 1 aromatic heterocycles. The largest absolute Gasteiger partial charge is 0.380 e. The average Bonchev–Trinajstić information content (AvgIpc) is 2.27. The highest BCUT2D eigenvalue weighted by Gasteiger charge is 2.16. The molecule has 18 heavy (non-hydrogen) atoms. The number of rotatable bonds is 3. The first kappa shape index (κ1) is 13.0. The van der Waals surface area contributed by atoms with Crippen LogP contribution in [0.3, 0.4) is 0 Å². The van der Waals surface area contributed by atoms with Gasteiger partial charge in [0.1, 0.15) is 0 Å². The first-order chi connectivity index (χ1) is 8.41. The van der Waals surface area contributed by atoms with Gasteiger partial charge in [-0.1, -0.05) is 11.6 Å². The Labute approximate surface area is 107 Å². The van der Waals surface area contributed by atoms with Crippen LogP contribution < -0.4 is 0 Å². The van der Waals surface area contributed by atoms with E-state index in [4.69, 9.17) is 4.74 Å². The van der Waals surface area contributed by atoms with Crippen LogP contribution in [0.1, 0.15) is 11.1 Å². The molecular formula is C13H15NO3S. The minimum atomic E-state index is -3.35. The van der Waals surface area contributed by atoms with Crippen molar-refractivity contribution in [2.45, 2.75) is 18.6 Å². The molecule has 0 bridgehead atoms. The van der Waals surface area contributed by atoms with Crippen molar-refractivity contribution in [2.24, 2.45) is 0 Å². The molecule has 0 aliphatic heterocycles. The minimum absolute atomic E-state index is 0.0979. The van der Waals surface area contributed by atoms with E-state index in [0.29, 0.717) is 11.1 Å². The molecule has 2 rings (SSSR count). The van der Waals surface area contributed by atoms with E-state index < -0.39 is 9.84 Å². The SMILES string of the molecule is COCc1cc2cc(C)ccc2nc1S(C)(=O)=O. The predicted molar refractivity (Wildman–Crippen MR) is 70.3 cm³/mol. The van der Waals surface area contributed by atoms with E-state index in [2.05, 4.69) is 4.98 Å². The van der Waals surface area contributed by atoms with Gasteiger partial charge in [0.05, 0.1) is 12.1 Å². The van der Waals surface area contributed by atoms with Crippen LogP contribution >= 0.6 is 0 Å². The highest BCUT2D eigenvalue weighted by molar-refractivity contribution is 7.90. The van der Waals surface area contributed by atoms with Gasteiger partial charge in [-0.2, -0.15) is 0 Å². The highest BCUT2D eigenvalue weighted by Crippen LogP contribution is 2.22. The van der Waals surface area contributed by atoms with Crippen molar-refractivity contribution in [3.63, 3.8) is 0 Å². The fourth-order valence-electron chi connectivity index (χ4n) is 1.90. The number of benzene rings is 1. The summed E-state index contributed by atoms with van der Waals surface area (Å²) in [5, 5.41) is 1.02. The summed E-state index contributed by atoms with van der Waals surface area (Å²) in [5.41, 5.74) is 2.39. The number of hydrogen-bond donors (Lipinski definition) is 0. The molecule has 4 nitrogen and oxygen atoms in total. The van der Waals surface area contributed by atoms with Gasteiger partial charge in [-0.25, -0.2) is 13.4 Å². The third-order valence-corrected chi connectivity index (χ3v) is 3.72. The fourth-order valence-corrected chi connectivity index (χ4v) is 2.76. The molecule has 0 aliphatic rings. The van der Waals surface area contributed by atoms with Crippen LogP contribution in [0.5, 0.6) is 0 Å². The van der Waals surface area contributed by atoms with Crippen LogP contribution in [-0.4, -0.2) is 26.8 Å². The second kappa shape index (κ2) is 4.66. The fraction of sp³-hybridized carbons (Fsp3) is 0.308. The highest BCUT2D eigenvalue weighted by atomic mass is 32.2.